The molecule has 8 heteroatoms. The second-order valence-corrected chi connectivity index (χ2v) is 6.45. The molecular weight excluding hydrogens is 349 g/mol. The molecule has 3 N–H and O–H groups in total. The van der Waals surface area contributed by atoms with Crippen molar-refractivity contribution < 1.29 is 13.9 Å². The van der Waals surface area contributed by atoms with Gasteiger partial charge in [0.1, 0.15) is 17.8 Å². The average molecular weight is 373 g/mol. The summed E-state index contributed by atoms with van der Waals surface area (Å²) >= 11 is 0. The van der Waals surface area contributed by atoms with Crippen LogP contribution in [-0.4, -0.2) is 35.6 Å². The lowest BCUT2D eigenvalue weighted by Gasteiger charge is -2.32. The number of nitrogens with one attached hydrogen (secondary N) is 1. The number of anilines is 3. The largest absolute Gasteiger partial charge is 0.466 e. The number of esters is 1. The van der Waals surface area contributed by atoms with Gasteiger partial charge in [-0.25, -0.2) is 14.4 Å². The number of ether oxygens (including phenoxy) is 1. The molecule has 1 aliphatic heterocycles. The highest BCUT2D eigenvalue weighted by Crippen LogP contribution is 2.30. The van der Waals surface area contributed by atoms with E-state index in [0.29, 0.717) is 56.4 Å². The quantitative estimate of drug-likeness (QED) is 0.752. The minimum atomic E-state index is -0.270. The first-order valence-electron chi connectivity index (χ1n) is 9.09. The van der Waals surface area contributed by atoms with Gasteiger partial charge in [0.05, 0.1) is 12.5 Å². The third-order valence-electron chi connectivity index (χ3n) is 4.65. The van der Waals surface area contributed by atoms with Gasteiger partial charge in [0.25, 0.3) is 0 Å². The van der Waals surface area contributed by atoms with E-state index in [2.05, 4.69) is 20.2 Å². The van der Waals surface area contributed by atoms with Crippen molar-refractivity contribution in [2.24, 2.45) is 5.92 Å². The van der Waals surface area contributed by atoms with Gasteiger partial charge in [-0.05, 0) is 37.5 Å². The summed E-state index contributed by atoms with van der Waals surface area (Å²) < 4.78 is 18.1. The number of hydrogen-bond donors (Lipinski definition) is 2. The highest BCUT2D eigenvalue weighted by Gasteiger charge is 2.27. The zero-order valence-electron chi connectivity index (χ0n) is 15.3. The molecule has 1 aromatic heterocycles. The van der Waals surface area contributed by atoms with Crippen LogP contribution in [0.2, 0.25) is 0 Å². The molecule has 27 heavy (non-hydrogen) atoms. The molecule has 1 fully saturated rings. The molecule has 144 valence electrons. The maximum absolute atomic E-state index is 13.0. The summed E-state index contributed by atoms with van der Waals surface area (Å²) in [7, 11) is 0. The van der Waals surface area contributed by atoms with Crippen molar-refractivity contribution in [2.75, 3.05) is 35.6 Å². The minimum absolute atomic E-state index is 0.0691. The van der Waals surface area contributed by atoms with Crippen molar-refractivity contribution in [2.45, 2.75) is 26.3 Å². The highest BCUT2D eigenvalue weighted by molar-refractivity contribution is 5.76. The first-order valence-corrected chi connectivity index (χ1v) is 9.09. The third-order valence-corrected chi connectivity index (χ3v) is 4.65. The number of nitrogens with two attached hydrogens (primary N) is 1. The smallest absolute Gasteiger partial charge is 0.309 e. The van der Waals surface area contributed by atoms with Crippen LogP contribution in [0, 0.1) is 11.7 Å². The van der Waals surface area contributed by atoms with Crippen molar-refractivity contribution in [3.05, 3.63) is 42.0 Å². The standard InChI is InChI=1S/C19H24FN5O2/c1-2-27-19(26)14-7-9-25(10-8-14)18-16(21)17(23-12-24-18)22-11-13-3-5-15(20)6-4-13/h3-6,12,14H,2,7-11,21H2,1H3,(H,22,23,24). The fourth-order valence-corrected chi connectivity index (χ4v) is 3.15. The Morgan fingerprint density at radius 2 is 2.00 bits per heavy atom. The number of nitrogens with zero attached hydrogens (tertiary/aromatic N) is 3. The molecule has 0 amide bonds. The van der Waals surface area contributed by atoms with Gasteiger partial charge in [-0.1, -0.05) is 12.1 Å². The normalized spacial score (nSPS) is 14.8. The Morgan fingerprint density at radius 1 is 1.30 bits per heavy atom. The molecule has 1 aliphatic rings. The molecule has 2 heterocycles. The maximum atomic E-state index is 13.0. The first-order chi connectivity index (χ1) is 13.1. The number of piperidine rings is 1. The fraction of sp³-hybridized carbons (Fsp3) is 0.421. The second-order valence-electron chi connectivity index (χ2n) is 6.45. The minimum Gasteiger partial charge on any atom is -0.466 e. The lowest BCUT2D eigenvalue weighted by atomic mass is 9.97. The Kier molecular flexibility index (Phi) is 6.05. The van der Waals surface area contributed by atoms with Crippen molar-refractivity contribution in [1.29, 1.82) is 0 Å². The van der Waals surface area contributed by atoms with Crippen LogP contribution < -0.4 is 16.0 Å². The number of carbonyl (C=O) groups excluding carboxylic acids is 1. The molecule has 2 aromatic rings. The van der Waals surface area contributed by atoms with Gasteiger partial charge in [0.15, 0.2) is 11.6 Å². The van der Waals surface area contributed by atoms with Gasteiger partial charge < -0.3 is 20.7 Å². The summed E-state index contributed by atoms with van der Waals surface area (Å²) in [5.41, 5.74) is 7.65. The van der Waals surface area contributed by atoms with Gasteiger partial charge in [-0.15, -0.1) is 0 Å². The summed E-state index contributed by atoms with van der Waals surface area (Å²) in [6.45, 7) is 4.06. The monoisotopic (exact) mass is 373 g/mol. The van der Waals surface area contributed by atoms with E-state index in [-0.39, 0.29) is 17.7 Å². The Balaban J connectivity index is 1.63. The lowest BCUT2D eigenvalue weighted by molar-refractivity contribution is -0.148. The molecule has 0 spiro atoms. The summed E-state index contributed by atoms with van der Waals surface area (Å²) in [4.78, 5) is 22.5. The molecular formula is C19H24FN5O2. The molecule has 0 radical (unpaired) electrons. The fourth-order valence-electron chi connectivity index (χ4n) is 3.15. The number of carbonyl (C=O) groups is 1. The van der Waals surface area contributed by atoms with Gasteiger partial charge in [0, 0.05) is 19.6 Å². The number of nitrogen functional groups attached to an aromatic ring is 1. The van der Waals surface area contributed by atoms with Crippen LogP contribution >= 0.6 is 0 Å². The number of rotatable bonds is 6. The molecule has 0 saturated carbocycles. The van der Waals surface area contributed by atoms with E-state index in [9.17, 15) is 9.18 Å². The number of halogens is 1. The van der Waals surface area contributed by atoms with Crippen LogP contribution in [0.4, 0.5) is 21.7 Å². The SMILES string of the molecule is CCOC(=O)C1CCN(c2ncnc(NCc3ccc(F)cc3)c2N)CC1. The van der Waals surface area contributed by atoms with E-state index in [1.807, 2.05) is 6.92 Å². The van der Waals surface area contributed by atoms with Crippen LogP contribution in [0.5, 0.6) is 0 Å². The molecule has 0 bridgehead atoms. The molecule has 3 rings (SSSR count). The van der Waals surface area contributed by atoms with Crippen molar-refractivity contribution in [3.8, 4) is 0 Å². The molecule has 0 aliphatic carbocycles. The summed E-state index contributed by atoms with van der Waals surface area (Å²) in [5, 5.41) is 3.17. The molecule has 0 atom stereocenters. The third kappa shape index (κ3) is 4.64. The van der Waals surface area contributed by atoms with Crippen molar-refractivity contribution in [3.63, 3.8) is 0 Å². The molecule has 1 saturated heterocycles. The van der Waals surface area contributed by atoms with Crippen LogP contribution in [0.3, 0.4) is 0 Å². The maximum Gasteiger partial charge on any atom is 0.309 e. The van der Waals surface area contributed by atoms with Crippen LogP contribution in [-0.2, 0) is 16.1 Å². The van der Waals surface area contributed by atoms with E-state index >= 15 is 0 Å². The Labute approximate surface area is 157 Å². The topological polar surface area (TPSA) is 93.4 Å². The summed E-state index contributed by atoms with van der Waals surface area (Å²) in [5.74, 6) is 0.731. The zero-order valence-corrected chi connectivity index (χ0v) is 15.3. The zero-order chi connectivity index (χ0) is 19.2. The Hall–Kier alpha value is -2.90. The summed E-state index contributed by atoms with van der Waals surface area (Å²) in [6.07, 6.45) is 2.89. The van der Waals surface area contributed by atoms with Gasteiger partial charge in [-0.2, -0.15) is 0 Å². The Morgan fingerprint density at radius 3 is 2.67 bits per heavy atom. The van der Waals surface area contributed by atoms with Crippen LogP contribution in [0.15, 0.2) is 30.6 Å². The number of hydrogen-bond acceptors (Lipinski definition) is 7. The van der Waals surface area contributed by atoms with E-state index in [0.717, 1.165) is 5.56 Å². The van der Waals surface area contributed by atoms with Crippen molar-refractivity contribution >= 4 is 23.3 Å². The average Bonchev–Trinajstić information content (AvgIpc) is 2.69. The molecule has 1 aromatic carbocycles. The predicted molar refractivity (Wildman–Crippen MR) is 102 cm³/mol. The van der Waals surface area contributed by atoms with E-state index < -0.39 is 0 Å². The molecule has 0 unspecified atom stereocenters. The Bertz CT molecular complexity index is 776. The van der Waals surface area contributed by atoms with Gasteiger partial charge >= 0.3 is 5.97 Å². The van der Waals surface area contributed by atoms with E-state index in [1.165, 1.54) is 18.5 Å². The lowest BCUT2D eigenvalue weighted by Crippen LogP contribution is -2.38. The van der Waals surface area contributed by atoms with Crippen LogP contribution in [0.1, 0.15) is 25.3 Å². The van der Waals surface area contributed by atoms with Crippen molar-refractivity contribution in [1.82, 2.24) is 9.97 Å². The van der Waals surface area contributed by atoms with E-state index in [4.69, 9.17) is 10.5 Å². The number of benzene rings is 1. The van der Waals surface area contributed by atoms with Crippen LogP contribution in [0.25, 0.3) is 0 Å². The number of aromatic nitrogens is 2. The van der Waals surface area contributed by atoms with E-state index in [1.54, 1.807) is 12.1 Å². The highest BCUT2D eigenvalue weighted by atomic mass is 19.1. The predicted octanol–water partition coefficient (Wildman–Crippen LogP) is 2.59. The van der Waals surface area contributed by atoms with Gasteiger partial charge in [0.2, 0.25) is 0 Å². The first kappa shape index (κ1) is 18.9. The van der Waals surface area contributed by atoms with Gasteiger partial charge in [-0.3, -0.25) is 4.79 Å². The second kappa shape index (κ2) is 8.66. The summed E-state index contributed by atoms with van der Waals surface area (Å²) in [6, 6.07) is 6.25. The molecule has 7 nitrogen and oxygen atoms in total.